The third-order valence-electron chi connectivity index (χ3n) is 17.7. The third kappa shape index (κ3) is 12.4. The van der Waals surface area contributed by atoms with E-state index in [1.165, 1.54) is 64.2 Å². The molecule has 4 bridgehead atoms. The van der Waals surface area contributed by atoms with E-state index in [4.69, 9.17) is 0 Å². The molecule has 356 valence electrons. The summed E-state index contributed by atoms with van der Waals surface area (Å²) in [6.07, 6.45) is 12.4. The molecule has 0 N–H and O–H groups in total. The minimum absolute atomic E-state index is 0.00662. The van der Waals surface area contributed by atoms with Crippen LogP contribution in [0.1, 0.15) is 217 Å². The number of hydrogen-bond donors (Lipinski definition) is 0. The Morgan fingerprint density at radius 2 is 0.770 bits per heavy atom. The quantitative estimate of drug-likeness (QED) is 0.266. The van der Waals surface area contributed by atoms with Crippen molar-refractivity contribution in [2.24, 2.45) is 49.2 Å². The van der Waals surface area contributed by atoms with Crippen molar-refractivity contribution in [2.75, 3.05) is 32.7 Å². The van der Waals surface area contributed by atoms with E-state index >= 15 is 0 Å². The molecule has 8 nitrogen and oxygen atoms in total. The Labute approximate surface area is 377 Å². The molecule has 5 saturated heterocycles. The van der Waals surface area contributed by atoms with Gasteiger partial charge in [-0.15, -0.1) is 0 Å². The summed E-state index contributed by atoms with van der Waals surface area (Å²) in [6, 6.07) is 1.65. The minimum atomic E-state index is -0.293. The second-order valence-corrected chi connectivity index (χ2v) is 25.8. The summed E-state index contributed by atoms with van der Waals surface area (Å²) in [6.45, 7) is 51.0. The van der Waals surface area contributed by atoms with Gasteiger partial charge in [-0.2, -0.15) is 0 Å². The van der Waals surface area contributed by atoms with E-state index < -0.39 is 0 Å². The van der Waals surface area contributed by atoms with Crippen molar-refractivity contribution in [2.45, 2.75) is 235 Å². The number of carbonyl (C=O) groups excluding carboxylic acids is 4. The van der Waals surface area contributed by atoms with Gasteiger partial charge in [0.15, 0.2) is 0 Å². The van der Waals surface area contributed by atoms with E-state index in [1.807, 2.05) is 37.5 Å². The van der Waals surface area contributed by atoms with E-state index in [0.29, 0.717) is 35.8 Å². The number of hydrogen-bond acceptors (Lipinski definition) is 4. The predicted molar refractivity (Wildman–Crippen MR) is 257 cm³/mol. The van der Waals surface area contributed by atoms with Gasteiger partial charge >= 0.3 is 0 Å². The van der Waals surface area contributed by atoms with Crippen molar-refractivity contribution in [3.05, 3.63) is 0 Å². The molecule has 5 aliphatic heterocycles. The monoisotopic (exact) mass is 857 g/mol. The van der Waals surface area contributed by atoms with Gasteiger partial charge in [0, 0.05) is 72.5 Å². The van der Waals surface area contributed by atoms with Gasteiger partial charge in [0.2, 0.25) is 23.6 Å². The highest BCUT2D eigenvalue weighted by atomic mass is 16.2. The van der Waals surface area contributed by atoms with Gasteiger partial charge in [-0.05, 0) is 106 Å². The molecule has 6 fully saturated rings. The third-order valence-corrected chi connectivity index (χ3v) is 17.7. The molecule has 5 heterocycles. The number of nitrogens with zero attached hydrogens (tertiary/aromatic N) is 4. The second kappa shape index (κ2) is 20.0. The van der Waals surface area contributed by atoms with Gasteiger partial charge < -0.3 is 19.6 Å². The van der Waals surface area contributed by atoms with Crippen LogP contribution in [0.5, 0.6) is 0 Å². The molecule has 0 spiro atoms. The summed E-state index contributed by atoms with van der Waals surface area (Å²) < 4.78 is 0. The molecular formula is C53H100N4O4. The molecule has 6 rings (SSSR count). The molecular weight excluding hydrogens is 757 g/mol. The van der Waals surface area contributed by atoms with E-state index in [1.54, 1.807) is 0 Å². The van der Waals surface area contributed by atoms with Crippen LogP contribution in [0.3, 0.4) is 0 Å². The van der Waals surface area contributed by atoms with Crippen LogP contribution in [0.2, 0.25) is 0 Å². The Kier molecular flexibility index (Phi) is 18.0. The molecule has 0 aromatic rings. The summed E-state index contributed by atoms with van der Waals surface area (Å²) in [4.78, 5) is 58.3. The molecule has 8 heteroatoms. The van der Waals surface area contributed by atoms with E-state index in [2.05, 4.69) is 134 Å². The lowest BCUT2D eigenvalue weighted by molar-refractivity contribution is -0.154. The fraction of sp³-hybridized carbons (Fsp3) is 0.925. The summed E-state index contributed by atoms with van der Waals surface area (Å²) in [5, 5.41) is 0. The maximum Gasteiger partial charge on any atom is 0.229 e. The molecule has 6 aliphatic rings. The van der Waals surface area contributed by atoms with E-state index in [0.717, 1.165) is 38.6 Å². The van der Waals surface area contributed by atoms with Crippen LogP contribution in [0.15, 0.2) is 0 Å². The average Bonchev–Trinajstić information content (AvgIpc) is 3.93. The highest BCUT2D eigenvalue weighted by molar-refractivity contribution is 5.85. The number of likely N-dealkylation sites (tertiary alicyclic amines) is 1. The van der Waals surface area contributed by atoms with Gasteiger partial charge in [0.05, 0.1) is 0 Å². The number of piperidine rings is 2. The highest BCUT2D eigenvalue weighted by Crippen LogP contribution is 2.47. The lowest BCUT2D eigenvalue weighted by atomic mass is 9.67. The summed E-state index contributed by atoms with van der Waals surface area (Å²) in [5.41, 5.74) is -0.953. The Morgan fingerprint density at radius 1 is 0.443 bits per heavy atom. The minimum Gasteiger partial charge on any atom is -0.343 e. The highest BCUT2D eigenvalue weighted by Gasteiger charge is 2.50. The van der Waals surface area contributed by atoms with Crippen molar-refractivity contribution in [1.82, 2.24) is 19.6 Å². The molecule has 0 unspecified atom stereocenters. The first-order chi connectivity index (χ1) is 27.4. The summed E-state index contributed by atoms with van der Waals surface area (Å²) in [7, 11) is 0. The topological polar surface area (TPSA) is 81.2 Å². The van der Waals surface area contributed by atoms with Crippen molar-refractivity contribution in [1.29, 1.82) is 0 Å². The normalized spacial score (nSPS) is 23.3. The van der Waals surface area contributed by atoms with Crippen LogP contribution in [0.4, 0.5) is 0 Å². The van der Waals surface area contributed by atoms with Crippen LogP contribution in [0.25, 0.3) is 0 Å². The van der Waals surface area contributed by atoms with Gasteiger partial charge in [-0.25, -0.2) is 0 Å². The van der Waals surface area contributed by atoms with E-state index in [-0.39, 0.29) is 49.2 Å². The molecule has 0 aromatic heterocycles. The van der Waals surface area contributed by atoms with Gasteiger partial charge in [-0.3, -0.25) is 19.2 Å². The molecule has 0 atom stereocenters. The molecule has 1 saturated carbocycles. The molecule has 61 heavy (non-hydrogen) atoms. The molecule has 0 radical (unpaired) electrons. The first-order valence-electron chi connectivity index (χ1n) is 24.7. The Hall–Kier alpha value is -2.12. The van der Waals surface area contributed by atoms with E-state index in [9.17, 15) is 19.2 Å². The zero-order valence-corrected chi connectivity index (χ0v) is 44.3. The van der Waals surface area contributed by atoms with Gasteiger partial charge in [0.1, 0.15) is 0 Å². The van der Waals surface area contributed by atoms with Crippen LogP contribution < -0.4 is 0 Å². The predicted octanol–water partition coefficient (Wildman–Crippen LogP) is 12.3. The smallest absolute Gasteiger partial charge is 0.229 e. The van der Waals surface area contributed by atoms with Gasteiger partial charge in [0.25, 0.3) is 0 Å². The fourth-order valence-electron chi connectivity index (χ4n) is 8.75. The van der Waals surface area contributed by atoms with Crippen molar-refractivity contribution in [3.8, 4) is 0 Å². The van der Waals surface area contributed by atoms with Crippen molar-refractivity contribution < 1.29 is 19.2 Å². The SMILES string of the molecule is CC(C)(C)C(C)(C)C(=O)N1C2CCC1CC2.CC(C)(C)C(C)(C)C(=O)N1CC2CCC1CC2.CC(C)(C)C(C)(C)C(=O)N1CCCC1.CCN(CC)C(=O)C(C)(C)C(C)(C)C. The van der Waals surface area contributed by atoms with Crippen LogP contribution in [0, 0.1) is 49.2 Å². The largest absolute Gasteiger partial charge is 0.343 e. The lowest BCUT2D eigenvalue weighted by Crippen LogP contribution is -2.56. The first kappa shape index (κ1) is 55.0. The molecule has 0 aromatic carbocycles. The average molecular weight is 857 g/mol. The fourth-order valence-corrected chi connectivity index (χ4v) is 8.75. The zero-order valence-electron chi connectivity index (χ0n) is 44.3. The van der Waals surface area contributed by atoms with Crippen molar-refractivity contribution in [3.63, 3.8) is 0 Å². The maximum absolute atomic E-state index is 12.8. The van der Waals surface area contributed by atoms with Crippen LogP contribution in [-0.4, -0.2) is 94.1 Å². The Morgan fingerprint density at radius 3 is 1.08 bits per heavy atom. The number of carbonyl (C=O) groups is 4. The number of rotatable bonds is 6. The Balaban J connectivity index is 0.000000281. The Bertz CT molecular complexity index is 1410. The zero-order chi connectivity index (χ0) is 47.5. The molecule has 1 aliphatic carbocycles. The summed E-state index contributed by atoms with van der Waals surface area (Å²) >= 11 is 0. The first-order valence-corrected chi connectivity index (χ1v) is 24.7. The molecule has 4 amide bonds. The number of fused-ring (bicyclic) bond motifs is 5. The van der Waals surface area contributed by atoms with Crippen LogP contribution >= 0.6 is 0 Å². The van der Waals surface area contributed by atoms with Gasteiger partial charge in [-0.1, -0.05) is 138 Å². The van der Waals surface area contributed by atoms with Crippen LogP contribution in [-0.2, 0) is 19.2 Å². The number of amides is 4. The second-order valence-electron chi connectivity index (χ2n) is 25.8. The van der Waals surface area contributed by atoms with Crippen molar-refractivity contribution >= 4 is 23.6 Å². The standard InChI is InChI=1S/C15H27NO.C14H25NO.C12H23NO.C12H25NO/c1-14(2,3)15(4,5)13(17)16-10-11-6-8-12(16)9-7-11;1-13(2,3)14(4,5)12(16)15-10-6-7-11(15)9-8-10;1-11(2,3)12(4,5)10(14)13-8-6-7-9-13;1-8-13(9-2)10(14)12(6,7)11(3,4)5/h11-12H,6-10H2,1-5H3;10-11H,6-9H2,1-5H3;6-9H2,1-5H3;8-9H2,1-7H3. The summed E-state index contributed by atoms with van der Waals surface area (Å²) in [5.74, 6) is 2.11. The lowest BCUT2D eigenvalue weighted by Gasteiger charge is -2.50. The maximum atomic E-state index is 12.8.